The van der Waals surface area contributed by atoms with Gasteiger partial charge in [0.25, 0.3) is 0 Å². The average Bonchev–Trinajstić information content (AvgIpc) is 2.43. The Morgan fingerprint density at radius 2 is 1.76 bits per heavy atom. The highest BCUT2D eigenvalue weighted by Crippen LogP contribution is 2.29. The summed E-state index contributed by atoms with van der Waals surface area (Å²) >= 11 is 6.68. The monoisotopic (exact) mass is 432 g/mol. The van der Waals surface area contributed by atoms with Gasteiger partial charge in [-0.05, 0) is 65.2 Å². The van der Waals surface area contributed by atoms with E-state index in [1.165, 1.54) is 0 Å². The van der Waals surface area contributed by atoms with Crippen LogP contribution < -0.4 is 4.72 Å². The summed E-state index contributed by atoms with van der Waals surface area (Å²) < 4.78 is 29.0. The van der Waals surface area contributed by atoms with Crippen molar-refractivity contribution in [1.82, 2.24) is 9.71 Å². The second-order valence-electron chi connectivity index (χ2n) is 4.66. The molecule has 0 amide bonds. The van der Waals surface area contributed by atoms with E-state index >= 15 is 0 Å². The molecule has 0 aliphatic heterocycles. The zero-order valence-electron chi connectivity index (χ0n) is 11.5. The fraction of sp³-hybridized carbons (Fsp3) is 0.214. The first-order chi connectivity index (χ1) is 9.81. The van der Waals surface area contributed by atoms with Crippen LogP contribution in [0.1, 0.15) is 24.1 Å². The summed E-state index contributed by atoms with van der Waals surface area (Å²) in [5.41, 5.74) is 1.82. The molecule has 1 heterocycles. The molecule has 0 fully saturated rings. The lowest BCUT2D eigenvalue weighted by Gasteiger charge is -2.16. The first-order valence-electron chi connectivity index (χ1n) is 6.19. The van der Waals surface area contributed by atoms with Gasteiger partial charge in [0, 0.05) is 27.4 Å². The Kier molecular flexibility index (Phi) is 5.19. The lowest BCUT2D eigenvalue weighted by Crippen LogP contribution is -2.27. The molecule has 1 atom stereocenters. The van der Waals surface area contributed by atoms with Crippen molar-refractivity contribution < 1.29 is 8.42 Å². The zero-order valence-corrected chi connectivity index (χ0v) is 15.5. The molecule has 0 spiro atoms. The van der Waals surface area contributed by atoms with E-state index in [0.29, 0.717) is 4.47 Å². The van der Waals surface area contributed by atoms with Gasteiger partial charge in [0.2, 0.25) is 10.0 Å². The van der Waals surface area contributed by atoms with E-state index in [-0.39, 0.29) is 10.9 Å². The van der Waals surface area contributed by atoms with Crippen molar-refractivity contribution in [2.75, 3.05) is 0 Å². The topological polar surface area (TPSA) is 59.1 Å². The van der Waals surface area contributed by atoms with Crippen LogP contribution in [0.2, 0.25) is 0 Å². The quantitative estimate of drug-likeness (QED) is 0.793. The van der Waals surface area contributed by atoms with Gasteiger partial charge in [-0.15, -0.1) is 0 Å². The van der Waals surface area contributed by atoms with Gasteiger partial charge in [0.05, 0.1) is 4.90 Å². The second-order valence-corrected chi connectivity index (χ2v) is 8.05. The van der Waals surface area contributed by atoms with Gasteiger partial charge in [-0.2, -0.15) is 0 Å². The molecule has 7 heteroatoms. The summed E-state index contributed by atoms with van der Waals surface area (Å²) in [5, 5.41) is 0. The molecule has 4 nitrogen and oxygen atoms in total. The molecular weight excluding hydrogens is 420 g/mol. The molecule has 21 heavy (non-hydrogen) atoms. The third kappa shape index (κ3) is 3.91. The molecule has 1 aromatic heterocycles. The fourth-order valence-corrected chi connectivity index (χ4v) is 4.76. The number of pyridine rings is 1. The van der Waals surface area contributed by atoms with Gasteiger partial charge in [-0.25, -0.2) is 13.1 Å². The van der Waals surface area contributed by atoms with Crippen LogP contribution >= 0.6 is 31.9 Å². The third-order valence-electron chi connectivity index (χ3n) is 3.04. The minimum Gasteiger partial charge on any atom is -0.265 e. The van der Waals surface area contributed by atoms with Crippen LogP contribution in [0, 0.1) is 6.92 Å². The average molecular weight is 434 g/mol. The van der Waals surface area contributed by atoms with Crippen molar-refractivity contribution in [2.24, 2.45) is 0 Å². The first kappa shape index (κ1) is 16.6. The molecule has 0 saturated carbocycles. The predicted octanol–water partition coefficient (Wildman–Crippen LogP) is 3.95. The Balaban J connectivity index is 2.33. The van der Waals surface area contributed by atoms with E-state index in [9.17, 15) is 8.42 Å². The number of nitrogens with one attached hydrogen (secondary N) is 1. The van der Waals surface area contributed by atoms with Crippen molar-refractivity contribution in [3.63, 3.8) is 0 Å². The van der Waals surface area contributed by atoms with Gasteiger partial charge >= 0.3 is 0 Å². The molecule has 0 radical (unpaired) electrons. The summed E-state index contributed by atoms with van der Waals surface area (Å²) in [6.45, 7) is 3.70. The fourth-order valence-electron chi connectivity index (χ4n) is 1.85. The van der Waals surface area contributed by atoms with Crippen LogP contribution in [-0.4, -0.2) is 13.4 Å². The highest BCUT2D eigenvalue weighted by Gasteiger charge is 2.22. The van der Waals surface area contributed by atoms with Crippen molar-refractivity contribution in [3.8, 4) is 0 Å². The number of hydrogen-bond donors (Lipinski definition) is 1. The van der Waals surface area contributed by atoms with Crippen LogP contribution in [0.15, 0.2) is 50.5 Å². The Labute approximate surface area is 141 Å². The number of nitrogens with zero attached hydrogens (tertiary/aromatic N) is 1. The SMILES string of the molecule is Cc1cc(Br)c(S(=O)(=O)NC(C)c2ccncc2)cc1Br. The van der Waals surface area contributed by atoms with Gasteiger partial charge < -0.3 is 0 Å². The molecule has 0 saturated heterocycles. The summed E-state index contributed by atoms with van der Waals surface area (Å²) in [6, 6.07) is 6.60. The maximum absolute atomic E-state index is 12.5. The van der Waals surface area contributed by atoms with Gasteiger partial charge in [0.1, 0.15) is 0 Å². The lowest BCUT2D eigenvalue weighted by atomic mass is 10.1. The van der Waals surface area contributed by atoms with Crippen LogP contribution in [-0.2, 0) is 10.0 Å². The standard InChI is InChI=1S/C14H14Br2N2O2S/c1-9-7-13(16)14(8-12(9)15)21(19,20)18-10(2)11-3-5-17-6-4-11/h3-8,10,18H,1-2H3. The van der Waals surface area contributed by atoms with Crippen LogP contribution in [0.3, 0.4) is 0 Å². The Morgan fingerprint density at radius 1 is 1.14 bits per heavy atom. The Bertz CT molecular complexity index is 749. The number of aromatic nitrogens is 1. The second kappa shape index (κ2) is 6.56. The van der Waals surface area contributed by atoms with E-state index in [1.807, 2.05) is 6.92 Å². The molecule has 2 aromatic rings. The molecule has 1 N–H and O–H groups in total. The van der Waals surface area contributed by atoms with Gasteiger partial charge in [-0.1, -0.05) is 15.9 Å². The normalized spacial score (nSPS) is 13.1. The minimum absolute atomic E-state index is 0.209. The largest absolute Gasteiger partial charge is 0.265 e. The van der Waals surface area contributed by atoms with Crippen LogP contribution in [0.5, 0.6) is 0 Å². The third-order valence-corrected chi connectivity index (χ3v) is 6.39. The van der Waals surface area contributed by atoms with E-state index in [2.05, 4.69) is 41.6 Å². The van der Waals surface area contributed by atoms with Crippen LogP contribution in [0.25, 0.3) is 0 Å². The molecule has 0 aliphatic carbocycles. The van der Waals surface area contributed by atoms with Gasteiger partial charge in [0.15, 0.2) is 0 Å². The van der Waals surface area contributed by atoms with Crippen molar-refractivity contribution >= 4 is 41.9 Å². The summed E-state index contributed by atoms with van der Waals surface area (Å²) in [7, 11) is -3.62. The molecule has 0 aliphatic rings. The van der Waals surface area contributed by atoms with Crippen molar-refractivity contribution in [3.05, 3.63) is 56.7 Å². The Morgan fingerprint density at radius 3 is 2.38 bits per heavy atom. The number of sulfonamides is 1. The minimum atomic E-state index is -3.62. The van der Waals surface area contributed by atoms with E-state index in [1.54, 1.807) is 43.6 Å². The number of hydrogen-bond acceptors (Lipinski definition) is 3. The van der Waals surface area contributed by atoms with E-state index < -0.39 is 10.0 Å². The first-order valence-corrected chi connectivity index (χ1v) is 9.26. The highest BCUT2D eigenvalue weighted by atomic mass is 79.9. The van der Waals surface area contributed by atoms with Gasteiger partial charge in [-0.3, -0.25) is 4.98 Å². The maximum Gasteiger partial charge on any atom is 0.242 e. The predicted molar refractivity (Wildman–Crippen MR) is 89.6 cm³/mol. The molecule has 112 valence electrons. The van der Waals surface area contributed by atoms with Crippen molar-refractivity contribution in [1.29, 1.82) is 0 Å². The lowest BCUT2D eigenvalue weighted by molar-refractivity contribution is 0.566. The number of rotatable bonds is 4. The molecule has 1 aromatic carbocycles. The Hall–Kier alpha value is -0.760. The van der Waals surface area contributed by atoms with E-state index in [4.69, 9.17) is 0 Å². The zero-order chi connectivity index (χ0) is 15.6. The molecule has 2 rings (SSSR count). The number of benzene rings is 1. The summed E-state index contributed by atoms with van der Waals surface area (Å²) in [6.07, 6.45) is 3.27. The van der Waals surface area contributed by atoms with E-state index in [0.717, 1.165) is 15.6 Å². The maximum atomic E-state index is 12.5. The van der Waals surface area contributed by atoms with Crippen LogP contribution in [0.4, 0.5) is 0 Å². The molecular formula is C14H14Br2N2O2S. The summed E-state index contributed by atoms with van der Waals surface area (Å²) in [4.78, 5) is 4.14. The smallest absolute Gasteiger partial charge is 0.242 e. The molecule has 1 unspecified atom stereocenters. The van der Waals surface area contributed by atoms with Crippen molar-refractivity contribution in [2.45, 2.75) is 24.8 Å². The number of halogens is 2. The number of aryl methyl sites for hydroxylation is 1. The summed E-state index contributed by atoms with van der Waals surface area (Å²) in [5.74, 6) is 0. The molecule has 0 bridgehead atoms. The highest BCUT2D eigenvalue weighted by molar-refractivity contribution is 9.11.